The lowest BCUT2D eigenvalue weighted by Gasteiger charge is -2.22. The number of hydrogen-bond donors (Lipinski definition) is 2. The zero-order valence-electron chi connectivity index (χ0n) is 18.6. The van der Waals surface area contributed by atoms with Crippen molar-refractivity contribution in [2.45, 2.75) is 31.4 Å². The number of aryl methyl sites for hydroxylation is 1. The van der Waals surface area contributed by atoms with Crippen LogP contribution in [0.1, 0.15) is 17.7 Å². The van der Waals surface area contributed by atoms with E-state index in [0.29, 0.717) is 25.2 Å². The Morgan fingerprint density at radius 1 is 1.29 bits per heavy atom. The Labute approximate surface area is 203 Å². The molecule has 176 valence electrons. The van der Waals surface area contributed by atoms with Crippen molar-refractivity contribution in [3.8, 4) is 16.5 Å². The molecule has 1 aliphatic heterocycles. The quantitative estimate of drug-likeness (QED) is 0.438. The molecule has 5 rings (SSSR count). The Kier molecular flexibility index (Phi) is 6.52. The van der Waals surface area contributed by atoms with Gasteiger partial charge in [-0.3, -0.25) is 9.36 Å². The highest BCUT2D eigenvalue weighted by molar-refractivity contribution is 7.29. The minimum Gasteiger partial charge on any atom is -0.408 e. The first-order valence-corrected chi connectivity index (χ1v) is 12.8. The summed E-state index contributed by atoms with van der Waals surface area (Å²) in [4.78, 5) is 26.5. The van der Waals surface area contributed by atoms with E-state index in [-0.39, 0.29) is 11.7 Å². The third kappa shape index (κ3) is 4.65. The lowest BCUT2D eigenvalue weighted by molar-refractivity contribution is -0.133. The number of hydrogen-bond acceptors (Lipinski definition) is 8. The summed E-state index contributed by atoms with van der Waals surface area (Å²) in [6.45, 7) is 1.89. The molecule has 0 bridgehead atoms. The van der Waals surface area contributed by atoms with Crippen LogP contribution in [0, 0.1) is 11.3 Å². The number of nitriles is 1. The highest BCUT2D eigenvalue weighted by Crippen LogP contribution is 2.39. The van der Waals surface area contributed by atoms with Crippen molar-refractivity contribution in [1.82, 2.24) is 15.2 Å². The monoisotopic (exact) mass is 496 g/mol. The fourth-order valence-electron chi connectivity index (χ4n) is 4.04. The summed E-state index contributed by atoms with van der Waals surface area (Å²) in [5.41, 5.74) is 2.35. The van der Waals surface area contributed by atoms with Crippen LogP contribution in [0.3, 0.4) is 0 Å². The summed E-state index contributed by atoms with van der Waals surface area (Å²) >= 11 is 3.29. The Balaban J connectivity index is 1.29. The number of fused-ring (bicyclic) bond motifs is 2. The zero-order valence-corrected chi connectivity index (χ0v) is 20.3. The predicted molar refractivity (Wildman–Crippen MR) is 133 cm³/mol. The minimum absolute atomic E-state index is 0.245. The lowest BCUT2D eigenvalue weighted by Crippen LogP contribution is -2.47. The van der Waals surface area contributed by atoms with E-state index in [4.69, 9.17) is 9.15 Å². The second kappa shape index (κ2) is 9.72. The van der Waals surface area contributed by atoms with Crippen molar-refractivity contribution in [3.63, 3.8) is 0 Å². The normalized spacial score (nSPS) is 17.8. The van der Waals surface area contributed by atoms with Crippen molar-refractivity contribution in [2.24, 2.45) is 7.05 Å². The van der Waals surface area contributed by atoms with E-state index in [1.807, 2.05) is 18.2 Å². The summed E-state index contributed by atoms with van der Waals surface area (Å²) in [5.74, 6) is -0.619. The van der Waals surface area contributed by atoms with Gasteiger partial charge in [0.25, 0.3) is 5.91 Å². The molecule has 8 nitrogen and oxygen atoms in total. The van der Waals surface area contributed by atoms with Crippen molar-refractivity contribution in [3.05, 3.63) is 45.8 Å². The standard InChI is InChI=1S/C24H24N4O4S2/c1-28-17-8-14(4-5-18(17)32-24(28)30)20-11-22-21(34-20)10-16(33-22)9-15(12-25)27-23(29)19-13-26-6-2-3-7-31-19/h4-5,8,10-11,15,19,26H,2-3,6-7,9,13H2,1H3,(H,27,29)/t15-,19+/m1/s1. The van der Waals surface area contributed by atoms with Crippen LogP contribution < -0.4 is 16.4 Å². The molecule has 4 aromatic rings. The highest BCUT2D eigenvalue weighted by Gasteiger charge is 2.23. The number of oxazole rings is 1. The van der Waals surface area contributed by atoms with Crippen molar-refractivity contribution in [2.75, 3.05) is 19.7 Å². The van der Waals surface area contributed by atoms with Gasteiger partial charge in [0.05, 0.1) is 11.6 Å². The Hall–Kier alpha value is -2.97. The fraction of sp³-hybridized carbons (Fsp3) is 0.375. The number of carbonyl (C=O) groups is 1. The first-order valence-electron chi connectivity index (χ1n) is 11.2. The Morgan fingerprint density at radius 3 is 2.97 bits per heavy atom. The molecule has 0 spiro atoms. The van der Waals surface area contributed by atoms with E-state index in [2.05, 4.69) is 28.8 Å². The van der Waals surface area contributed by atoms with Gasteiger partial charge in [-0.2, -0.15) is 5.26 Å². The van der Waals surface area contributed by atoms with Crippen LogP contribution in [0.15, 0.2) is 39.5 Å². The van der Waals surface area contributed by atoms with E-state index in [0.717, 1.165) is 49.6 Å². The van der Waals surface area contributed by atoms with Crippen LogP contribution in [0.2, 0.25) is 0 Å². The number of carbonyl (C=O) groups excluding carboxylic acids is 1. The maximum atomic E-state index is 12.6. The molecule has 0 aliphatic carbocycles. The molecule has 34 heavy (non-hydrogen) atoms. The van der Waals surface area contributed by atoms with Crippen molar-refractivity contribution >= 4 is 49.1 Å². The van der Waals surface area contributed by atoms with Crippen molar-refractivity contribution in [1.29, 1.82) is 5.26 Å². The number of thiophene rings is 2. The molecule has 1 fully saturated rings. The second-order valence-electron chi connectivity index (χ2n) is 8.33. The maximum absolute atomic E-state index is 12.6. The van der Waals surface area contributed by atoms with Crippen LogP contribution in [0.25, 0.3) is 30.9 Å². The molecule has 1 aliphatic rings. The van der Waals surface area contributed by atoms with E-state index in [1.165, 1.54) is 4.57 Å². The van der Waals surface area contributed by atoms with Gasteiger partial charge in [-0.1, -0.05) is 0 Å². The van der Waals surface area contributed by atoms with E-state index < -0.39 is 12.1 Å². The molecule has 10 heteroatoms. The summed E-state index contributed by atoms with van der Waals surface area (Å²) in [5, 5.41) is 15.7. The molecule has 0 radical (unpaired) electrons. The number of rotatable bonds is 5. The second-order valence-corrected chi connectivity index (χ2v) is 10.6. The average Bonchev–Trinajstić information content (AvgIpc) is 3.44. The molecular formula is C24H24N4O4S2. The zero-order chi connectivity index (χ0) is 23.7. The topological polar surface area (TPSA) is 109 Å². The van der Waals surface area contributed by atoms with Crippen LogP contribution in [0.5, 0.6) is 0 Å². The van der Waals surface area contributed by atoms with Gasteiger partial charge in [-0.25, -0.2) is 4.79 Å². The maximum Gasteiger partial charge on any atom is 0.419 e. The third-order valence-corrected chi connectivity index (χ3v) is 8.27. The van der Waals surface area contributed by atoms with Gasteiger partial charge < -0.3 is 19.8 Å². The SMILES string of the molecule is Cn1c(=O)oc2ccc(-c3cc4sc(C[C@H](C#N)NC(=O)[C@@H]5CNCCCCO5)cc4s3)cc21. The molecule has 2 N–H and O–H groups in total. The average molecular weight is 497 g/mol. The number of ether oxygens (including phenoxy) is 1. The first kappa shape index (κ1) is 22.8. The van der Waals surface area contributed by atoms with Gasteiger partial charge in [0.15, 0.2) is 5.58 Å². The first-order chi connectivity index (χ1) is 16.5. The Morgan fingerprint density at radius 2 is 2.15 bits per heavy atom. The number of nitrogens with zero attached hydrogens (tertiary/aromatic N) is 2. The van der Waals surface area contributed by atoms with E-state index >= 15 is 0 Å². The summed E-state index contributed by atoms with van der Waals surface area (Å²) in [7, 11) is 1.70. The molecule has 0 saturated carbocycles. The number of benzene rings is 1. The molecule has 3 aromatic heterocycles. The predicted octanol–water partition coefficient (Wildman–Crippen LogP) is 3.39. The number of nitrogens with one attached hydrogen (secondary N) is 2. The highest BCUT2D eigenvalue weighted by atomic mass is 32.1. The third-order valence-electron chi connectivity index (χ3n) is 5.90. The van der Waals surface area contributed by atoms with Gasteiger partial charge >= 0.3 is 5.76 Å². The molecule has 0 unspecified atom stereocenters. The van der Waals surface area contributed by atoms with Crippen molar-refractivity contribution < 1.29 is 13.9 Å². The fourth-order valence-corrected chi connectivity index (χ4v) is 6.51. The van der Waals surface area contributed by atoms with E-state index in [1.54, 1.807) is 29.7 Å². The lowest BCUT2D eigenvalue weighted by atomic mass is 10.1. The van der Waals surface area contributed by atoms with Crippen LogP contribution in [-0.2, 0) is 23.0 Å². The number of aromatic nitrogens is 1. The Bertz CT molecular complexity index is 1400. The summed E-state index contributed by atoms with van der Waals surface area (Å²) in [6, 6.07) is 11.6. The smallest absolute Gasteiger partial charge is 0.408 e. The van der Waals surface area contributed by atoms with Gasteiger partial charge in [0.1, 0.15) is 12.1 Å². The van der Waals surface area contributed by atoms with Gasteiger partial charge in [0.2, 0.25) is 0 Å². The largest absolute Gasteiger partial charge is 0.419 e. The van der Waals surface area contributed by atoms with Gasteiger partial charge in [-0.15, -0.1) is 22.7 Å². The number of amides is 1. The van der Waals surface area contributed by atoms with Crippen LogP contribution in [0.4, 0.5) is 0 Å². The van der Waals surface area contributed by atoms with Crippen LogP contribution >= 0.6 is 22.7 Å². The van der Waals surface area contributed by atoms with Gasteiger partial charge in [0, 0.05) is 45.8 Å². The molecular weight excluding hydrogens is 472 g/mol. The van der Waals surface area contributed by atoms with Gasteiger partial charge in [-0.05, 0) is 55.3 Å². The molecule has 1 saturated heterocycles. The molecule has 1 amide bonds. The van der Waals surface area contributed by atoms with E-state index in [9.17, 15) is 14.9 Å². The summed E-state index contributed by atoms with van der Waals surface area (Å²) < 4.78 is 14.6. The molecule has 2 atom stereocenters. The minimum atomic E-state index is -0.612. The summed E-state index contributed by atoms with van der Waals surface area (Å²) in [6.07, 6.45) is 1.83. The molecule has 1 aromatic carbocycles. The molecule has 4 heterocycles. The van der Waals surface area contributed by atoms with Crippen LogP contribution in [-0.4, -0.2) is 42.3 Å².